The first kappa shape index (κ1) is 12.6. The van der Waals surface area contributed by atoms with Crippen molar-refractivity contribution in [1.82, 2.24) is 0 Å². The molecule has 0 aromatic heterocycles. The van der Waals surface area contributed by atoms with Crippen LogP contribution in [0.25, 0.3) is 0 Å². The van der Waals surface area contributed by atoms with Crippen molar-refractivity contribution in [2.24, 2.45) is 0 Å². The number of carbonyl (C=O) groups excluding carboxylic acids is 2. The van der Waals surface area contributed by atoms with Gasteiger partial charge in [0.15, 0.2) is 0 Å². The maximum Gasteiger partial charge on any atom is 0.348 e. The molecule has 0 spiro atoms. The summed E-state index contributed by atoms with van der Waals surface area (Å²) in [5.41, 5.74) is -1.37. The van der Waals surface area contributed by atoms with Gasteiger partial charge in [-0.15, -0.1) is 0 Å². The van der Waals surface area contributed by atoms with Crippen molar-refractivity contribution in [3.8, 4) is 0 Å². The summed E-state index contributed by atoms with van der Waals surface area (Å²) in [5.74, 6) is -1.49. The third-order valence-electron chi connectivity index (χ3n) is 2.98. The number of nitrogens with zero attached hydrogens (tertiary/aromatic N) is 1. The highest BCUT2D eigenvalue weighted by Crippen LogP contribution is 2.29. The van der Waals surface area contributed by atoms with Crippen LogP contribution in [0.5, 0.6) is 0 Å². The van der Waals surface area contributed by atoms with Gasteiger partial charge in [0.05, 0.1) is 6.61 Å². The second kappa shape index (κ2) is 4.78. The molecule has 1 aliphatic heterocycles. The van der Waals surface area contributed by atoms with E-state index < -0.39 is 17.5 Å². The van der Waals surface area contributed by atoms with Crippen molar-refractivity contribution in [2.75, 3.05) is 18.1 Å². The molecule has 1 heterocycles. The molecule has 2 rings (SSSR count). The normalized spacial score (nSPS) is 23.2. The molecule has 0 unspecified atom stereocenters. The minimum Gasteiger partial charge on any atom is -0.463 e. The highest BCUT2D eigenvalue weighted by molar-refractivity contribution is 6.14. The van der Waals surface area contributed by atoms with Gasteiger partial charge in [-0.25, -0.2) is 4.79 Å². The Labute approximate surface area is 105 Å². The lowest BCUT2D eigenvalue weighted by molar-refractivity contribution is -0.167. The molecule has 1 aromatic rings. The third kappa shape index (κ3) is 1.97. The highest BCUT2D eigenvalue weighted by atomic mass is 16.6. The van der Waals surface area contributed by atoms with Gasteiger partial charge in [0.2, 0.25) is 5.60 Å². The summed E-state index contributed by atoms with van der Waals surface area (Å²) in [6, 6.07) is 8.94. The van der Waals surface area contributed by atoms with Crippen LogP contribution in [-0.2, 0) is 14.3 Å². The molecular formula is C13H15NO4. The van der Waals surface area contributed by atoms with Gasteiger partial charge >= 0.3 is 5.97 Å². The minimum absolute atomic E-state index is 0.0551. The fourth-order valence-corrected chi connectivity index (χ4v) is 2.00. The standard InChI is InChI=1S/C13H15NO4/c1-2-18-12(16)13(17)8-9-14(11(13)15)10-6-4-3-5-7-10/h3-7,17H,2,8-9H2,1H3/t13-/m1/s1. The van der Waals surface area contributed by atoms with Crippen molar-refractivity contribution in [1.29, 1.82) is 0 Å². The molecule has 0 saturated carbocycles. The Morgan fingerprint density at radius 1 is 1.44 bits per heavy atom. The number of anilines is 1. The van der Waals surface area contributed by atoms with Gasteiger partial charge < -0.3 is 14.7 Å². The lowest BCUT2D eigenvalue weighted by Crippen LogP contribution is -2.47. The number of ether oxygens (including phenoxy) is 1. The van der Waals surface area contributed by atoms with E-state index in [-0.39, 0.29) is 13.0 Å². The Morgan fingerprint density at radius 3 is 2.72 bits per heavy atom. The molecular weight excluding hydrogens is 234 g/mol. The van der Waals surface area contributed by atoms with Crippen LogP contribution < -0.4 is 4.90 Å². The Balaban J connectivity index is 2.22. The number of aliphatic hydroxyl groups is 1. The molecule has 1 fully saturated rings. The number of hydrogen-bond acceptors (Lipinski definition) is 4. The Hall–Kier alpha value is -1.88. The van der Waals surface area contributed by atoms with Gasteiger partial charge in [0.1, 0.15) is 0 Å². The van der Waals surface area contributed by atoms with E-state index >= 15 is 0 Å². The number of rotatable bonds is 3. The van der Waals surface area contributed by atoms with Gasteiger partial charge in [0, 0.05) is 18.7 Å². The molecule has 1 N–H and O–H groups in total. The molecule has 18 heavy (non-hydrogen) atoms. The van der Waals surface area contributed by atoms with Crippen molar-refractivity contribution in [3.05, 3.63) is 30.3 Å². The van der Waals surface area contributed by atoms with Crippen LogP contribution in [0.15, 0.2) is 30.3 Å². The van der Waals surface area contributed by atoms with Gasteiger partial charge in [0.25, 0.3) is 5.91 Å². The zero-order valence-electron chi connectivity index (χ0n) is 10.1. The van der Waals surface area contributed by atoms with E-state index in [0.717, 1.165) is 0 Å². The van der Waals surface area contributed by atoms with Crippen molar-refractivity contribution >= 4 is 17.6 Å². The smallest absolute Gasteiger partial charge is 0.348 e. The van der Waals surface area contributed by atoms with Crippen LogP contribution in [0.2, 0.25) is 0 Å². The number of benzene rings is 1. The van der Waals surface area contributed by atoms with E-state index in [4.69, 9.17) is 4.74 Å². The second-order valence-corrected chi connectivity index (χ2v) is 4.12. The lowest BCUT2D eigenvalue weighted by Gasteiger charge is -2.20. The molecule has 5 nitrogen and oxygen atoms in total. The number of amides is 1. The molecule has 0 bridgehead atoms. The fraction of sp³-hybridized carbons (Fsp3) is 0.385. The van der Waals surface area contributed by atoms with Crippen LogP contribution >= 0.6 is 0 Å². The first-order valence-electron chi connectivity index (χ1n) is 5.86. The quantitative estimate of drug-likeness (QED) is 0.633. The molecule has 0 radical (unpaired) electrons. The van der Waals surface area contributed by atoms with Crippen LogP contribution in [-0.4, -0.2) is 35.7 Å². The van der Waals surface area contributed by atoms with Gasteiger partial charge in [-0.2, -0.15) is 0 Å². The summed E-state index contributed by atoms with van der Waals surface area (Å²) in [6.45, 7) is 2.08. The summed E-state index contributed by atoms with van der Waals surface area (Å²) in [4.78, 5) is 25.2. The monoisotopic (exact) mass is 249 g/mol. The first-order chi connectivity index (χ1) is 8.59. The molecule has 0 aliphatic carbocycles. The topological polar surface area (TPSA) is 66.8 Å². The maximum absolute atomic E-state index is 12.1. The van der Waals surface area contributed by atoms with Crippen molar-refractivity contribution in [2.45, 2.75) is 18.9 Å². The summed E-state index contributed by atoms with van der Waals surface area (Å²) in [5, 5.41) is 10.1. The van der Waals surface area contributed by atoms with E-state index in [1.165, 1.54) is 4.90 Å². The number of para-hydroxylation sites is 1. The van der Waals surface area contributed by atoms with E-state index in [0.29, 0.717) is 12.2 Å². The Bertz CT molecular complexity index is 459. The lowest BCUT2D eigenvalue weighted by atomic mass is 10.0. The fourth-order valence-electron chi connectivity index (χ4n) is 2.00. The summed E-state index contributed by atoms with van der Waals surface area (Å²) >= 11 is 0. The summed E-state index contributed by atoms with van der Waals surface area (Å²) in [6.07, 6.45) is 0.0551. The molecule has 5 heteroatoms. The zero-order valence-corrected chi connectivity index (χ0v) is 10.1. The van der Waals surface area contributed by atoms with Gasteiger partial charge in [-0.3, -0.25) is 4.79 Å². The van der Waals surface area contributed by atoms with Crippen LogP contribution in [0.3, 0.4) is 0 Å². The zero-order chi connectivity index (χ0) is 13.2. The van der Waals surface area contributed by atoms with Crippen molar-refractivity contribution in [3.63, 3.8) is 0 Å². The molecule has 1 aromatic carbocycles. The molecule has 1 amide bonds. The average molecular weight is 249 g/mol. The molecule has 1 aliphatic rings. The van der Waals surface area contributed by atoms with Gasteiger partial charge in [-0.1, -0.05) is 18.2 Å². The molecule has 96 valence electrons. The van der Waals surface area contributed by atoms with Crippen LogP contribution in [0, 0.1) is 0 Å². The predicted octanol–water partition coefficient (Wildman–Crippen LogP) is 0.718. The number of hydrogen-bond donors (Lipinski definition) is 1. The minimum atomic E-state index is -2.04. The largest absolute Gasteiger partial charge is 0.463 e. The third-order valence-corrected chi connectivity index (χ3v) is 2.98. The Morgan fingerprint density at radius 2 is 2.11 bits per heavy atom. The van der Waals surface area contributed by atoms with Crippen LogP contribution in [0.1, 0.15) is 13.3 Å². The predicted molar refractivity (Wildman–Crippen MR) is 65.0 cm³/mol. The van der Waals surface area contributed by atoms with E-state index in [1.807, 2.05) is 6.07 Å². The molecule has 1 atom stereocenters. The van der Waals surface area contributed by atoms with Crippen molar-refractivity contribution < 1.29 is 19.4 Å². The Kier molecular flexibility index (Phi) is 3.34. The summed E-state index contributed by atoms with van der Waals surface area (Å²) in [7, 11) is 0. The first-order valence-corrected chi connectivity index (χ1v) is 5.86. The average Bonchev–Trinajstić information content (AvgIpc) is 2.69. The second-order valence-electron chi connectivity index (χ2n) is 4.12. The molecule has 1 saturated heterocycles. The maximum atomic E-state index is 12.1. The number of carbonyl (C=O) groups is 2. The van der Waals surface area contributed by atoms with Crippen LogP contribution in [0.4, 0.5) is 5.69 Å². The van der Waals surface area contributed by atoms with E-state index in [9.17, 15) is 14.7 Å². The van der Waals surface area contributed by atoms with E-state index in [1.54, 1.807) is 31.2 Å². The van der Waals surface area contributed by atoms with E-state index in [2.05, 4.69) is 0 Å². The number of esters is 1. The SMILES string of the molecule is CCOC(=O)[C@@]1(O)CCN(c2ccccc2)C1=O. The van der Waals surface area contributed by atoms with Gasteiger partial charge in [-0.05, 0) is 19.1 Å². The summed E-state index contributed by atoms with van der Waals surface area (Å²) < 4.78 is 4.75. The highest BCUT2D eigenvalue weighted by Gasteiger charge is 2.53.